The number of thiophene rings is 1. The summed E-state index contributed by atoms with van der Waals surface area (Å²) in [5.74, 6) is 0.626. The third kappa shape index (κ3) is 4.92. The van der Waals surface area contributed by atoms with Gasteiger partial charge in [0.25, 0.3) is 5.91 Å². The first-order valence-electron chi connectivity index (χ1n) is 6.06. The van der Waals surface area contributed by atoms with Crippen molar-refractivity contribution in [2.45, 2.75) is 11.3 Å². The van der Waals surface area contributed by atoms with Gasteiger partial charge in [0.05, 0.1) is 9.35 Å². The number of amides is 1. The SMILES string of the molecule is O=C(NCCCSc1ccc(F)cc1)c1csc(Br)c1. The molecule has 6 heteroatoms. The molecule has 1 N–H and O–H groups in total. The molecule has 1 amide bonds. The van der Waals surface area contributed by atoms with E-state index in [0.717, 1.165) is 20.9 Å². The van der Waals surface area contributed by atoms with Gasteiger partial charge in [-0.15, -0.1) is 23.1 Å². The van der Waals surface area contributed by atoms with Crippen molar-refractivity contribution in [1.82, 2.24) is 5.32 Å². The van der Waals surface area contributed by atoms with E-state index >= 15 is 0 Å². The summed E-state index contributed by atoms with van der Waals surface area (Å²) in [5, 5.41) is 4.71. The average Bonchev–Trinajstić information content (AvgIpc) is 2.87. The minimum atomic E-state index is -0.219. The molecule has 2 rings (SSSR count). The van der Waals surface area contributed by atoms with Crippen LogP contribution >= 0.6 is 39.0 Å². The topological polar surface area (TPSA) is 29.1 Å². The summed E-state index contributed by atoms with van der Waals surface area (Å²) >= 11 is 6.49. The van der Waals surface area contributed by atoms with E-state index in [0.29, 0.717) is 12.1 Å². The number of nitrogens with one attached hydrogen (secondary N) is 1. The fraction of sp³-hybridized carbons (Fsp3) is 0.214. The second-order valence-corrected chi connectivity index (χ2v) is 7.51. The van der Waals surface area contributed by atoms with Crippen LogP contribution in [0, 0.1) is 5.82 Å². The van der Waals surface area contributed by atoms with Crippen molar-refractivity contribution in [3.8, 4) is 0 Å². The quantitative estimate of drug-likeness (QED) is 0.593. The number of carbonyl (C=O) groups excluding carboxylic acids is 1. The van der Waals surface area contributed by atoms with Crippen molar-refractivity contribution in [3.63, 3.8) is 0 Å². The van der Waals surface area contributed by atoms with E-state index in [2.05, 4.69) is 21.2 Å². The molecule has 0 saturated carbocycles. The minimum Gasteiger partial charge on any atom is -0.352 e. The monoisotopic (exact) mass is 373 g/mol. The second-order valence-electron chi connectivity index (χ2n) is 4.05. The molecule has 0 saturated heterocycles. The Morgan fingerprint density at radius 3 is 2.75 bits per heavy atom. The number of thioether (sulfide) groups is 1. The third-order valence-electron chi connectivity index (χ3n) is 2.52. The summed E-state index contributed by atoms with van der Waals surface area (Å²) in [4.78, 5) is 12.8. The fourth-order valence-corrected chi connectivity index (χ4v) is 3.52. The summed E-state index contributed by atoms with van der Waals surface area (Å²) < 4.78 is 13.7. The van der Waals surface area contributed by atoms with Gasteiger partial charge in [0.15, 0.2) is 0 Å². The maximum atomic E-state index is 12.7. The zero-order valence-electron chi connectivity index (χ0n) is 10.6. The maximum absolute atomic E-state index is 12.7. The van der Waals surface area contributed by atoms with Gasteiger partial charge in [0.2, 0.25) is 0 Å². The van der Waals surface area contributed by atoms with Gasteiger partial charge in [0, 0.05) is 16.8 Å². The van der Waals surface area contributed by atoms with E-state index < -0.39 is 0 Å². The lowest BCUT2D eigenvalue weighted by atomic mass is 10.3. The highest BCUT2D eigenvalue weighted by atomic mass is 79.9. The fourth-order valence-electron chi connectivity index (χ4n) is 1.53. The number of benzene rings is 1. The van der Waals surface area contributed by atoms with Gasteiger partial charge in [-0.2, -0.15) is 0 Å². The lowest BCUT2D eigenvalue weighted by molar-refractivity contribution is 0.0954. The molecule has 2 aromatic rings. The molecule has 1 aromatic heterocycles. The summed E-state index contributed by atoms with van der Waals surface area (Å²) in [6, 6.07) is 8.26. The molecule has 0 aliphatic rings. The van der Waals surface area contributed by atoms with Crippen molar-refractivity contribution in [1.29, 1.82) is 0 Å². The number of carbonyl (C=O) groups is 1. The van der Waals surface area contributed by atoms with Crippen molar-refractivity contribution < 1.29 is 9.18 Å². The number of hydrogen-bond acceptors (Lipinski definition) is 3. The molecular weight excluding hydrogens is 361 g/mol. The van der Waals surface area contributed by atoms with E-state index in [1.807, 2.05) is 11.4 Å². The van der Waals surface area contributed by atoms with Gasteiger partial charge >= 0.3 is 0 Å². The smallest absolute Gasteiger partial charge is 0.252 e. The number of hydrogen-bond donors (Lipinski definition) is 1. The molecule has 0 aliphatic carbocycles. The van der Waals surface area contributed by atoms with E-state index in [1.165, 1.54) is 23.5 Å². The predicted molar refractivity (Wildman–Crippen MR) is 86.1 cm³/mol. The van der Waals surface area contributed by atoms with Gasteiger partial charge in [-0.25, -0.2) is 4.39 Å². The normalized spacial score (nSPS) is 10.5. The molecule has 1 heterocycles. The van der Waals surface area contributed by atoms with E-state index in [9.17, 15) is 9.18 Å². The lowest BCUT2D eigenvalue weighted by Gasteiger charge is -2.04. The van der Waals surface area contributed by atoms with Crippen LogP contribution < -0.4 is 5.32 Å². The molecular formula is C14H13BrFNOS2. The third-order valence-corrected chi connectivity index (χ3v) is 5.12. The largest absolute Gasteiger partial charge is 0.352 e. The summed E-state index contributed by atoms with van der Waals surface area (Å²) in [6.07, 6.45) is 0.874. The van der Waals surface area contributed by atoms with Gasteiger partial charge in [-0.05, 0) is 58.4 Å². The minimum absolute atomic E-state index is 0.0428. The molecule has 0 bridgehead atoms. The molecule has 0 fully saturated rings. The Hall–Kier alpha value is -0.850. The van der Waals surface area contributed by atoms with E-state index in [1.54, 1.807) is 23.9 Å². The van der Waals surface area contributed by atoms with Crippen molar-refractivity contribution in [2.24, 2.45) is 0 Å². The Bertz CT molecular complexity index is 571. The molecule has 0 spiro atoms. The molecule has 0 atom stereocenters. The van der Waals surface area contributed by atoms with Crippen molar-refractivity contribution >= 4 is 44.9 Å². The molecule has 0 unspecified atom stereocenters. The molecule has 0 radical (unpaired) electrons. The molecule has 1 aromatic carbocycles. The predicted octanol–water partition coefficient (Wildman–Crippen LogP) is 4.56. The molecule has 106 valence electrons. The second kappa shape index (κ2) is 7.81. The Kier molecular flexibility index (Phi) is 6.06. The van der Waals surface area contributed by atoms with Crippen molar-refractivity contribution in [3.05, 3.63) is 50.9 Å². The highest BCUT2D eigenvalue weighted by Gasteiger charge is 2.06. The summed E-state index contributed by atoms with van der Waals surface area (Å²) in [7, 11) is 0. The van der Waals surface area contributed by atoms with Gasteiger partial charge in [-0.3, -0.25) is 4.79 Å². The van der Waals surface area contributed by atoms with Crippen LogP contribution in [0.4, 0.5) is 4.39 Å². The van der Waals surface area contributed by atoms with Crippen LogP contribution in [0.15, 0.2) is 44.4 Å². The van der Waals surface area contributed by atoms with E-state index in [-0.39, 0.29) is 11.7 Å². The average molecular weight is 374 g/mol. The maximum Gasteiger partial charge on any atom is 0.252 e. The molecule has 20 heavy (non-hydrogen) atoms. The van der Waals surface area contributed by atoms with Crippen LogP contribution in [0.3, 0.4) is 0 Å². The first kappa shape index (κ1) is 15.5. The number of halogens is 2. The highest BCUT2D eigenvalue weighted by Crippen LogP contribution is 2.21. The highest BCUT2D eigenvalue weighted by molar-refractivity contribution is 9.11. The Morgan fingerprint density at radius 2 is 2.10 bits per heavy atom. The van der Waals surface area contributed by atoms with Crippen LogP contribution in [0.1, 0.15) is 16.8 Å². The Balaban J connectivity index is 1.64. The van der Waals surface area contributed by atoms with Gasteiger partial charge in [0.1, 0.15) is 5.82 Å². The molecule has 0 aliphatic heterocycles. The van der Waals surface area contributed by atoms with Gasteiger partial charge in [-0.1, -0.05) is 0 Å². The van der Waals surface area contributed by atoms with Crippen LogP contribution in [0.5, 0.6) is 0 Å². The standard InChI is InChI=1S/C14H13BrFNOS2/c15-13-8-10(9-20-13)14(18)17-6-1-7-19-12-4-2-11(16)3-5-12/h2-5,8-9H,1,6-7H2,(H,17,18). The Labute approximate surface area is 133 Å². The molecule has 2 nitrogen and oxygen atoms in total. The van der Waals surface area contributed by atoms with Crippen molar-refractivity contribution in [2.75, 3.05) is 12.3 Å². The van der Waals surface area contributed by atoms with Crippen LogP contribution in [0.25, 0.3) is 0 Å². The van der Waals surface area contributed by atoms with Crippen LogP contribution in [0.2, 0.25) is 0 Å². The van der Waals surface area contributed by atoms with Crippen LogP contribution in [-0.2, 0) is 0 Å². The lowest BCUT2D eigenvalue weighted by Crippen LogP contribution is -2.24. The van der Waals surface area contributed by atoms with Crippen LogP contribution in [-0.4, -0.2) is 18.2 Å². The zero-order valence-corrected chi connectivity index (χ0v) is 13.8. The summed E-state index contributed by atoms with van der Waals surface area (Å²) in [6.45, 7) is 0.639. The first-order valence-corrected chi connectivity index (χ1v) is 8.71. The first-order chi connectivity index (χ1) is 9.65. The van der Waals surface area contributed by atoms with Gasteiger partial charge < -0.3 is 5.32 Å². The van der Waals surface area contributed by atoms with E-state index in [4.69, 9.17) is 0 Å². The number of rotatable bonds is 6. The zero-order chi connectivity index (χ0) is 14.4. The summed E-state index contributed by atoms with van der Waals surface area (Å²) in [5.41, 5.74) is 0.688. The Morgan fingerprint density at radius 1 is 1.35 bits per heavy atom.